The topological polar surface area (TPSA) is 62.2 Å². The summed E-state index contributed by atoms with van der Waals surface area (Å²) < 4.78 is 0. The van der Waals surface area contributed by atoms with Crippen molar-refractivity contribution in [1.29, 1.82) is 0 Å². The van der Waals surface area contributed by atoms with Gasteiger partial charge >= 0.3 is 5.97 Å². The van der Waals surface area contributed by atoms with Gasteiger partial charge in [-0.2, -0.15) is 0 Å². The van der Waals surface area contributed by atoms with E-state index in [1.165, 1.54) is 0 Å². The van der Waals surface area contributed by atoms with Crippen molar-refractivity contribution >= 4 is 28.5 Å². The molecule has 0 bridgehead atoms. The van der Waals surface area contributed by atoms with Crippen LogP contribution in [0.2, 0.25) is 5.02 Å². The van der Waals surface area contributed by atoms with Gasteiger partial charge in [0.05, 0.1) is 16.2 Å². The van der Waals surface area contributed by atoms with Crippen LogP contribution in [0.4, 0.5) is 0 Å². The first-order chi connectivity index (χ1) is 9.89. The lowest BCUT2D eigenvalue weighted by Gasteiger charge is -2.25. The molecule has 1 aromatic carbocycles. The molecule has 0 aliphatic rings. The van der Waals surface area contributed by atoms with E-state index >= 15 is 0 Å². The van der Waals surface area contributed by atoms with Crippen LogP contribution in [0.3, 0.4) is 0 Å². The van der Waals surface area contributed by atoms with E-state index in [0.29, 0.717) is 23.7 Å². The number of carboxylic acid groups (broad SMARTS) is 1. The minimum absolute atomic E-state index is 0.321. The number of halogens is 1. The number of carbonyl (C=O) groups is 1. The van der Waals surface area contributed by atoms with E-state index in [2.05, 4.69) is 10.3 Å². The van der Waals surface area contributed by atoms with E-state index < -0.39 is 11.5 Å². The van der Waals surface area contributed by atoms with Gasteiger partial charge in [-0.25, -0.2) is 4.98 Å². The molecule has 1 aromatic heterocycles. The molecule has 1 heterocycles. The monoisotopic (exact) mass is 306 g/mol. The van der Waals surface area contributed by atoms with Crippen molar-refractivity contribution in [3.63, 3.8) is 0 Å². The second-order valence-corrected chi connectivity index (χ2v) is 5.74. The van der Waals surface area contributed by atoms with Crippen LogP contribution in [-0.2, 0) is 11.3 Å². The third kappa shape index (κ3) is 3.01. The van der Waals surface area contributed by atoms with E-state index in [-0.39, 0.29) is 0 Å². The minimum atomic E-state index is -0.982. The highest BCUT2D eigenvalue weighted by molar-refractivity contribution is 6.32. The zero-order chi connectivity index (χ0) is 15.6. The third-order valence-electron chi connectivity index (χ3n) is 3.97. The smallest absolute Gasteiger partial charge is 0.323 e. The first-order valence-corrected chi connectivity index (χ1v) is 7.29. The fourth-order valence-corrected chi connectivity index (χ4v) is 2.38. The zero-order valence-corrected chi connectivity index (χ0v) is 13.2. The predicted molar refractivity (Wildman–Crippen MR) is 84.7 cm³/mol. The molecule has 1 unspecified atom stereocenters. The van der Waals surface area contributed by atoms with Crippen LogP contribution in [0.1, 0.15) is 31.5 Å². The molecule has 0 amide bonds. The molecular formula is C16H19ClN2O2. The number of aryl methyl sites for hydroxylation is 1. The molecule has 0 fully saturated rings. The van der Waals surface area contributed by atoms with Gasteiger partial charge < -0.3 is 5.11 Å². The molecule has 0 saturated carbocycles. The summed E-state index contributed by atoms with van der Waals surface area (Å²) in [7, 11) is 0. The van der Waals surface area contributed by atoms with Crippen LogP contribution in [0.5, 0.6) is 0 Å². The Bertz CT molecular complexity index is 687. The van der Waals surface area contributed by atoms with Crippen molar-refractivity contribution in [2.75, 3.05) is 0 Å². The molecule has 0 aliphatic carbocycles. The Morgan fingerprint density at radius 2 is 2.10 bits per heavy atom. The highest BCUT2D eigenvalue weighted by atomic mass is 35.5. The summed E-state index contributed by atoms with van der Waals surface area (Å²) in [5, 5.41) is 13.9. The van der Waals surface area contributed by atoms with Gasteiger partial charge in [-0.1, -0.05) is 36.7 Å². The fourth-order valence-electron chi connectivity index (χ4n) is 2.17. The van der Waals surface area contributed by atoms with Crippen LogP contribution < -0.4 is 5.32 Å². The number of nitrogens with zero attached hydrogens (tertiary/aromatic N) is 1. The van der Waals surface area contributed by atoms with Gasteiger partial charge in [0.2, 0.25) is 0 Å². The van der Waals surface area contributed by atoms with E-state index in [9.17, 15) is 9.90 Å². The number of aromatic nitrogens is 1. The fraction of sp³-hybridized carbons (Fsp3) is 0.375. The Morgan fingerprint density at radius 3 is 2.71 bits per heavy atom. The van der Waals surface area contributed by atoms with Gasteiger partial charge in [-0.05, 0) is 31.9 Å². The maximum absolute atomic E-state index is 11.3. The summed E-state index contributed by atoms with van der Waals surface area (Å²) in [6.45, 7) is 5.77. The van der Waals surface area contributed by atoms with E-state index in [1.807, 2.05) is 38.1 Å². The number of pyridine rings is 1. The highest BCUT2D eigenvalue weighted by Crippen LogP contribution is 2.27. The molecular weight excluding hydrogens is 288 g/mol. The summed E-state index contributed by atoms with van der Waals surface area (Å²) in [4.78, 5) is 15.9. The Balaban J connectivity index is 2.35. The molecule has 0 spiro atoms. The lowest BCUT2D eigenvalue weighted by atomic mass is 9.99. The Kier molecular flexibility index (Phi) is 4.49. The summed E-state index contributed by atoms with van der Waals surface area (Å²) >= 11 is 6.37. The number of para-hydroxylation sites is 1. The summed E-state index contributed by atoms with van der Waals surface area (Å²) in [5.74, 6) is -0.876. The van der Waals surface area contributed by atoms with Crippen LogP contribution in [0.15, 0.2) is 24.3 Å². The Hall–Kier alpha value is -1.65. The SMILES string of the molecule is CCC(C)(NCc1nc2ccccc2c(C)c1Cl)C(=O)O. The number of nitrogens with one attached hydrogen (secondary N) is 1. The number of rotatable bonds is 5. The van der Waals surface area contributed by atoms with Gasteiger partial charge in [0.25, 0.3) is 0 Å². The van der Waals surface area contributed by atoms with Crippen LogP contribution >= 0.6 is 11.6 Å². The standard InChI is InChI=1S/C16H19ClN2O2/c1-4-16(3,15(20)21)18-9-13-14(17)10(2)11-7-5-6-8-12(11)19-13/h5-8,18H,4,9H2,1-3H3,(H,20,21). The molecule has 0 saturated heterocycles. The normalized spacial score (nSPS) is 14.1. The average Bonchev–Trinajstić information content (AvgIpc) is 2.49. The third-order valence-corrected chi connectivity index (χ3v) is 4.47. The van der Waals surface area contributed by atoms with Crippen LogP contribution in [0.25, 0.3) is 10.9 Å². The molecule has 0 aliphatic heterocycles. The molecule has 21 heavy (non-hydrogen) atoms. The second kappa shape index (κ2) is 6.00. The maximum atomic E-state index is 11.3. The first-order valence-electron chi connectivity index (χ1n) is 6.91. The van der Waals surface area contributed by atoms with Gasteiger partial charge in [0.1, 0.15) is 5.54 Å². The first kappa shape index (κ1) is 15.7. The molecule has 0 radical (unpaired) electrons. The Morgan fingerprint density at radius 1 is 1.43 bits per heavy atom. The van der Waals surface area contributed by atoms with E-state index in [1.54, 1.807) is 6.92 Å². The van der Waals surface area contributed by atoms with Crippen molar-refractivity contribution in [2.24, 2.45) is 0 Å². The van der Waals surface area contributed by atoms with Crippen LogP contribution in [-0.4, -0.2) is 21.6 Å². The zero-order valence-electron chi connectivity index (χ0n) is 12.4. The van der Waals surface area contributed by atoms with Gasteiger partial charge in [-0.3, -0.25) is 10.1 Å². The lowest BCUT2D eigenvalue weighted by molar-refractivity contribution is -0.144. The molecule has 2 N–H and O–H groups in total. The van der Waals surface area contributed by atoms with Crippen molar-refractivity contribution in [1.82, 2.24) is 10.3 Å². The van der Waals surface area contributed by atoms with Crippen molar-refractivity contribution < 1.29 is 9.90 Å². The molecule has 1 atom stereocenters. The molecule has 2 aromatic rings. The number of hydrogen-bond acceptors (Lipinski definition) is 3. The summed E-state index contributed by atoms with van der Waals surface area (Å²) in [6.07, 6.45) is 0.479. The summed E-state index contributed by atoms with van der Waals surface area (Å²) in [6, 6.07) is 7.78. The molecule has 5 heteroatoms. The average molecular weight is 307 g/mol. The lowest BCUT2D eigenvalue weighted by Crippen LogP contribution is -2.48. The van der Waals surface area contributed by atoms with Gasteiger partial charge in [0.15, 0.2) is 0 Å². The largest absolute Gasteiger partial charge is 0.480 e. The minimum Gasteiger partial charge on any atom is -0.480 e. The Labute approximate surface area is 129 Å². The van der Waals surface area contributed by atoms with E-state index in [0.717, 1.165) is 16.5 Å². The van der Waals surface area contributed by atoms with Crippen molar-refractivity contribution in [2.45, 2.75) is 39.3 Å². The van der Waals surface area contributed by atoms with Crippen LogP contribution in [0, 0.1) is 6.92 Å². The maximum Gasteiger partial charge on any atom is 0.323 e. The van der Waals surface area contributed by atoms with E-state index in [4.69, 9.17) is 11.6 Å². The molecule has 4 nitrogen and oxygen atoms in total. The highest BCUT2D eigenvalue weighted by Gasteiger charge is 2.30. The predicted octanol–water partition coefficient (Wildman–Crippen LogP) is 3.54. The van der Waals surface area contributed by atoms with Crippen molar-refractivity contribution in [3.8, 4) is 0 Å². The van der Waals surface area contributed by atoms with Gasteiger partial charge in [0, 0.05) is 11.9 Å². The number of hydrogen-bond donors (Lipinski definition) is 2. The number of carboxylic acids is 1. The summed E-state index contributed by atoms with van der Waals surface area (Å²) in [5.41, 5.74) is 1.52. The number of benzene rings is 1. The van der Waals surface area contributed by atoms with Crippen molar-refractivity contribution in [3.05, 3.63) is 40.5 Å². The molecule has 2 rings (SSSR count). The number of aliphatic carboxylic acids is 1. The second-order valence-electron chi connectivity index (χ2n) is 5.36. The number of fused-ring (bicyclic) bond motifs is 1. The quantitative estimate of drug-likeness (QED) is 0.887. The van der Waals surface area contributed by atoms with Gasteiger partial charge in [-0.15, -0.1) is 0 Å². The molecule has 112 valence electrons.